The number of nitrogens with one attached hydrogen (secondary N) is 1. The third-order valence-electron chi connectivity index (χ3n) is 4.05. The Hall–Kier alpha value is -3.31. The maximum atomic E-state index is 11.7. The van der Waals surface area contributed by atoms with Crippen molar-refractivity contribution in [2.24, 2.45) is 0 Å². The molecular formula is C19H17N3O4S. The van der Waals surface area contributed by atoms with Gasteiger partial charge >= 0.3 is 0 Å². The fraction of sp³-hybridized carbons (Fsp3) is 0.211. The summed E-state index contributed by atoms with van der Waals surface area (Å²) < 4.78 is 16.1. The number of methoxy groups -OCH3 is 3. The van der Waals surface area contributed by atoms with Crippen molar-refractivity contribution in [1.29, 1.82) is 5.26 Å². The lowest BCUT2D eigenvalue weighted by atomic mass is 10.1. The second kappa shape index (κ2) is 7.51. The minimum atomic E-state index is -0.404. The number of rotatable bonds is 5. The van der Waals surface area contributed by atoms with Gasteiger partial charge in [-0.1, -0.05) is 0 Å². The molecule has 2 aromatic heterocycles. The van der Waals surface area contributed by atoms with E-state index in [1.165, 1.54) is 11.3 Å². The number of benzene rings is 1. The Labute approximate surface area is 159 Å². The molecule has 1 aromatic carbocycles. The number of ether oxygens (including phenoxy) is 3. The Bertz CT molecular complexity index is 1070. The highest BCUT2D eigenvalue weighted by Crippen LogP contribution is 2.42. The number of aromatic amines is 1. The largest absolute Gasteiger partial charge is 0.493 e. The molecular weight excluding hydrogens is 366 g/mol. The lowest BCUT2D eigenvalue weighted by Gasteiger charge is -2.13. The molecule has 0 bridgehead atoms. The van der Waals surface area contributed by atoms with Crippen LogP contribution in [0.1, 0.15) is 11.3 Å². The van der Waals surface area contributed by atoms with Gasteiger partial charge in [0.25, 0.3) is 5.56 Å². The van der Waals surface area contributed by atoms with Crippen molar-refractivity contribution >= 4 is 11.3 Å². The molecule has 8 heteroatoms. The summed E-state index contributed by atoms with van der Waals surface area (Å²) in [5.41, 5.74) is 2.50. The Morgan fingerprint density at radius 2 is 1.78 bits per heavy atom. The van der Waals surface area contributed by atoms with Crippen LogP contribution < -0.4 is 19.8 Å². The normalized spacial score (nSPS) is 10.3. The first-order chi connectivity index (χ1) is 13.0. The van der Waals surface area contributed by atoms with Crippen molar-refractivity contribution in [1.82, 2.24) is 9.97 Å². The van der Waals surface area contributed by atoms with Gasteiger partial charge < -0.3 is 19.2 Å². The zero-order valence-electron chi connectivity index (χ0n) is 15.2. The number of nitriles is 1. The second-order valence-corrected chi connectivity index (χ2v) is 6.47. The van der Waals surface area contributed by atoms with E-state index in [0.717, 1.165) is 10.6 Å². The average Bonchev–Trinajstić information content (AvgIpc) is 3.16. The fourth-order valence-corrected chi connectivity index (χ4v) is 3.51. The zero-order valence-corrected chi connectivity index (χ0v) is 16.1. The number of pyridine rings is 1. The Balaban J connectivity index is 2.10. The van der Waals surface area contributed by atoms with Crippen LogP contribution in [0, 0.1) is 18.3 Å². The van der Waals surface area contributed by atoms with E-state index in [-0.39, 0.29) is 5.56 Å². The van der Waals surface area contributed by atoms with Gasteiger partial charge in [-0.2, -0.15) is 5.26 Å². The van der Waals surface area contributed by atoms with E-state index in [0.29, 0.717) is 34.2 Å². The Kier molecular flexibility index (Phi) is 5.14. The highest BCUT2D eigenvalue weighted by molar-refractivity contribution is 7.13. The first kappa shape index (κ1) is 18.5. The molecule has 0 amide bonds. The summed E-state index contributed by atoms with van der Waals surface area (Å²) in [6.07, 6.45) is 0. The van der Waals surface area contributed by atoms with Gasteiger partial charge in [0.15, 0.2) is 11.5 Å². The van der Waals surface area contributed by atoms with Crippen LogP contribution in [0.25, 0.3) is 21.8 Å². The third kappa shape index (κ3) is 3.37. The van der Waals surface area contributed by atoms with Crippen LogP contribution in [0.2, 0.25) is 0 Å². The van der Waals surface area contributed by atoms with Crippen LogP contribution in [0.5, 0.6) is 17.2 Å². The van der Waals surface area contributed by atoms with Crippen molar-refractivity contribution in [3.63, 3.8) is 0 Å². The molecule has 3 aromatic rings. The number of aromatic nitrogens is 2. The zero-order chi connectivity index (χ0) is 19.6. The summed E-state index contributed by atoms with van der Waals surface area (Å²) in [5, 5.41) is 11.7. The summed E-state index contributed by atoms with van der Waals surface area (Å²) in [6.45, 7) is 1.77. The molecule has 2 heterocycles. The SMILES string of the molecule is COc1cc(-c2nc(-c3cc(C#N)c(=O)[nH]c3C)cs2)cc(OC)c1OC. The third-order valence-corrected chi connectivity index (χ3v) is 4.94. The molecule has 0 aliphatic carbocycles. The first-order valence-electron chi connectivity index (χ1n) is 7.92. The number of nitrogens with zero attached hydrogens (tertiary/aromatic N) is 2. The molecule has 1 N–H and O–H groups in total. The molecule has 0 radical (unpaired) electrons. The lowest BCUT2D eigenvalue weighted by molar-refractivity contribution is 0.324. The van der Waals surface area contributed by atoms with Crippen molar-refractivity contribution in [3.8, 4) is 45.1 Å². The molecule has 0 saturated heterocycles. The number of aryl methyl sites for hydroxylation is 1. The van der Waals surface area contributed by atoms with E-state index in [1.807, 2.05) is 23.6 Å². The molecule has 3 rings (SSSR count). The molecule has 0 unspecified atom stereocenters. The maximum Gasteiger partial charge on any atom is 0.266 e. The van der Waals surface area contributed by atoms with Crippen LogP contribution in [-0.4, -0.2) is 31.3 Å². The van der Waals surface area contributed by atoms with Gasteiger partial charge in [0.05, 0.1) is 27.0 Å². The molecule has 0 atom stereocenters. The molecule has 0 aliphatic rings. The van der Waals surface area contributed by atoms with E-state index in [2.05, 4.69) is 9.97 Å². The van der Waals surface area contributed by atoms with Crippen LogP contribution in [-0.2, 0) is 0 Å². The minimum absolute atomic E-state index is 0.0536. The topological polar surface area (TPSA) is 97.2 Å². The molecule has 0 spiro atoms. The van der Waals surface area contributed by atoms with Gasteiger partial charge in [0.1, 0.15) is 16.6 Å². The van der Waals surface area contributed by atoms with Gasteiger partial charge in [0.2, 0.25) is 5.75 Å². The van der Waals surface area contributed by atoms with Crippen LogP contribution >= 0.6 is 11.3 Å². The second-order valence-electron chi connectivity index (χ2n) is 5.61. The minimum Gasteiger partial charge on any atom is -0.493 e. The number of H-pyrrole nitrogens is 1. The summed E-state index contributed by atoms with van der Waals surface area (Å²) >= 11 is 1.44. The van der Waals surface area contributed by atoms with E-state index in [9.17, 15) is 4.79 Å². The molecule has 7 nitrogen and oxygen atoms in total. The fourth-order valence-electron chi connectivity index (χ4n) is 2.71. The average molecular weight is 383 g/mol. The van der Waals surface area contributed by atoms with E-state index in [1.54, 1.807) is 34.3 Å². The van der Waals surface area contributed by atoms with E-state index in [4.69, 9.17) is 19.5 Å². The molecule has 138 valence electrons. The van der Waals surface area contributed by atoms with Crippen molar-refractivity contribution in [3.05, 3.63) is 45.2 Å². The van der Waals surface area contributed by atoms with Crippen LogP contribution in [0.3, 0.4) is 0 Å². The monoisotopic (exact) mass is 383 g/mol. The van der Waals surface area contributed by atoms with Crippen molar-refractivity contribution in [2.45, 2.75) is 6.92 Å². The van der Waals surface area contributed by atoms with E-state index < -0.39 is 5.56 Å². The maximum absolute atomic E-state index is 11.7. The van der Waals surface area contributed by atoms with Gasteiger partial charge in [-0.15, -0.1) is 11.3 Å². The quantitative estimate of drug-likeness (QED) is 0.725. The molecule has 0 aliphatic heterocycles. The summed E-state index contributed by atoms with van der Waals surface area (Å²) in [4.78, 5) is 19.1. The molecule has 27 heavy (non-hydrogen) atoms. The van der Waals surface area contributed by atoms with Crippen LogP contribution in [0.4, 0.5) is 0 Å². The van der Waals surface area contributed by atoms with Crippen LogP contribution in [0.15, 0.2) is 28.4 Å². The van der Waals surface area contributed by atoms with Gasteiger partial charge in [-0.05, 0) is 25.1 Å². The number of thiazole rings is 1. The van der Waals surface area contributed by atoms with Gasteiger partial charge in [0, 0.05) is 22.2 Å². The standard InChI is InChI=1S/C19H17N3O4S/c1-10-13(5-12(8-20)18(23)21-10)14-9-27-19(22-14)11-6-15(24-2)17(26-4)16(7-11)25-3/h5-7,9H,1-4H3,(H,21,23). The molecule has 0 fully saturated rings. The Morgan fingerprint density at radius 3 is 2.33 bits per heavy atom. The highest BCUT2D eigenvalue weighted by Gasteiger charge is 2.17. The van der Waals surface area contributed by atoms with Crippen molar-refractivity contribution < 1.29 is 14.2 Å². The Morgan fingerprint density at radius 1 is 1.11 bits per heavy atom. The lowest BCUT2D eigenvalue weighted by Crippen LogP contribution is -2.11. The summed E-state index contributed by atoms with van der Waals surface area (Å²) in [6, 6.07) is 7.10. The predicted molar refractivity (Wildman–Crippen MR) is 103 cm³/mol. The van der Waals surface area contributed by atoms with Gasteiger partial charge in [-0.3, -0.25) is 4.79 Å². The first-order valence-corrected chi connectivity index (χ1v) is 8.80. The van der Waals surface area contributed by atoms with E-state index >= 15 is 0 Å². The molecule has 0 saturated carbocycles. The number of hydrogen-bond acceptors (Lipinski definition) is 7. The van der Waals surface area contributed by atoms with Crippen molar-refractivity contribution in [2.75, 3.05) is 21.3 Å². The number of hydrogen-bond donors (Lipinski definition) is 1. The predicted octanol–water partition coefficient (Wildman–Crippen LogP) is 3.37. The smallest absolute Gasteiger partial charge is 0.266 e. The highest BCUT2D eigenvalue weighted by atomic mass is 32.1. The summed E-state index contributed by atoms with van der Waals surface area (Å²) in [5.74, 6) is 1.59. The van der Waals surface area contributed by atoms with Gasteiger partial charge in [-0.25, -0.2) is 4.98 Å². The summed E-state index contributed by atoms with van der Waals surface area (Å²) in [7, 11) is 4.66.